The van der Waals surface area contributed by atoms with Crippen LogP contribution in [0.25, 0.3) is 11.0 Å². The van der Waals surface area contributed by atoms with Crippen LogP contribution in [0.15, 0.2) is 64.5 Å². The maximum Gasteiger partial charge on any atom is 0.289 e. The van der Waals surface area contributed by atoms with E-state index in [1.165, 1.54) is 42.3 Å². The van der Waals surface area contributed by atoms with Gasteiger partial charge in [0.15, 0.2) is 23.1 Å². The molecule has 3 N–H and O–H groups in total. The minimum absolute atomic E-state index is 0.0373. The van der Waals surface area contributed by atoms with Gasteiger partial charge in [0.05, 0.1) is 42.0 Å². The van der Waals surface area contributed by atoms with E-state index in [1.54, 1.807) is 18.2 Å². The number of methoxy groups -OCH3 is 1. The Bertz CT molecular complexity index is 2000. The van der Waals surface area contributed by atoms with Crippen LogP contribution < -0.4 is 30.4 Å². The van der Waals surface area contributed by atoms with Gasteiger partial charge in [-0.3, -0.25) is 19.7 Å². The molecule has 4 aromatic rings. The van der Waals surface area contributed by atoms with E-state index in [0.717, 1.165) is 6.07 Å². The second-order valence-corrected chi connectivity index (χ2v) is 13.0. The molecular formula is C30H32N8O8S. The summed E-state index contributed by atoms with van der Waals surface area (Å²) >= 11 is 0. The third kappa shape index (κ3) is 7.06. The van der Waals surface area contributed by atoms with Gasteiger partial charge in [-0.15, -0.1) is 0 Å². The number of carbonyl (C=O) groups excluding carboxylic acids is 1. The fourth-order valence-electron chi connectivity index (χ4n) is 5.99. The quantitative estimate of drug-likeness (QED) is 0.156. The molecule has 0 spiro atoms. The Hall–Kier alpha value is -5.00. The molecule has 16 nitrogen and oxygen atoms in total. The van der Waals surface area contributed by atoms with Crippen molar-refractivity contribution < 1.29 is 27.6 Å². The molecule has 1 unspecified atom stereocenters. The van der Waals surface area contributed by atoms with Crippen molar-refractivity contribution in [3.05, 3.63) is 81.2 Å². The number of amides is 1. The second-order valence-electron chi connectivity index (χ2n) is 11.3. The van der Waals surface area contributed by atoms with Gasteiger partial charge in [-0.2, -0.15) is 0 Å². The average molecular weight is 665 g/mol. The number of carbonyl (C=O) groups is 1. The summed E-state index contributed by atoms with van der Waals surface area (Å²) in [5.41, 5.74) is 0.0175. The fourth-order valence-corrected chi connectivity index (χ4v) is 7.46. The highest BCUT2D eigenvalue weighted by Crippen LogP contribution is 2.31. The Morgan fingerprint density at radius 1 is 1.13 bits per heavy atom. The zero-order valence-corrected chi connectivity index (χ0v) is 26.1. The van der Waals surface area contributed by atoms with Crippen LogP contribution in [0.3, 0.4) is 0 Å². The van der Waals surface area contributed by atoms with Crippen LogP contribution in [0.2, 0.25) is 0 Å². The number of fused-ring (bicyclic) bond motifs is 2. The predicted octanol–water partition coefficient (Wildman–Crippen LogP) is 2.13. The number of anilines is 1. The van der Waals surface area contributed by atoms with Crippen molar-refractivity contribution in [1.82, 2.24) is 29.6 Å². The smallest absolute Gasteiger partial charge is 0.289 e. The van der Waals surface area contributed by atoms with Gasteiger partial charge in [0.1, 0.15) is 11.6 Å². The summed E-state index contributed by atoms with van der Waals surface area (Å²) < 4.78 is 42.2. The fraction of sp³-hybridized carbons (Fsp3) is 0.367. The topological polar surface area (TPSA) is 210 Å². The summed E-state index contributed by atoms with van der Waals surface area (Å²) in [6.07, 6.45) is 5.25. The first kappa shape index (κ1) is 32.0. The molecule has 0 bridgehead atoms. The maximum atomic E-state index is 13.7. The van der Waals surface area contributed by atoms with Crippen LogP contribution in [0.1, 0.15) is 31.5 Å². The van der Waals surface area contributed by atoms with E-state index in [2.05, 4.69) is 30.3 Å². The first-order valence-electron chi connectivity index (χ1n) is 14.9. The molecule has 2 aromatic heterocycles. The van der Waals surface area contributed by atoms with E-state index in [9.17, 15) is 28.1 Å². The minimum Gasteiger partial charge on any atom is -0.497 e. The molecule has 1 aliphatic heterocycles. The number of para-hydroxylation sites is 1. The van der Waals surface area contributed by atoms with Gasteiger partial charge < -0.3 is 24.7 Å². The van der Waals surface area contributed by atoms with Gasteiger partial charge in [0.25, 0.3) is 17.2 Å². The highest BCUT2D eigenvalue weighted by atomic mass is 32.2. The van der Waals surface area contributed by atoms with Crippen molar-refractivity contribution in [2.75, 3.05) is 19.0 Å². The molecule has 1 atom stereocenters. The van der Waals surface area contributed by atoms with Crippen LogP contribution in [0.4, 0.5) is 11.5 Å². The number of nitrogens with one attached hydrogen (secondary N) is 3. The summed E-state index contributed by atoms with van der Waals surface area (Å²) in [5, 5.41) is 17.8. The van der Waals surface area contributed by atoms with E-state index >= 15 is 0 Å². The molecule has 3 heterocycles. The lowest BCUT2D eigenvalue weighted by Gasteiger charge is -2.35. The van der Waals surface area contributed by atoms with Crippen LogP contribution in [0, 0.1) is 16.0 Å². The van der Waals surface area contributed by atoms with E-state index in [0.29, 0.717) is 66.4 Å². The van der Waals surface area contributed by atoms with E-state index in [-0.39, 0.29) is 31.0 Å². The molecule has 17 heteroatoms. The number of rotatable bonds is 11. The number of hydrogen-bond donors (Lipinski definition) is 3. The number of sulfonamides is 1. The van der Waals surface area contributed by atoms with Gasteiger partial charge in [-0.05, 0) is 49.8 Å². The number of ether oxygens (including phenoxy) is 2. The lowest BCUT2D eigenvalue weighted by molar-refractivity contribution is -0.387. The van der Waals surface area contributed by atoms with E-state index < -0.39 is 37.1 Å². The summed E-state index contributed by atoms with van der Waals surface area (Å²) in [7, 11) is -2.87. The normalized spacial score (nSPS) is 18.5. The number of aromatic nitrogens is 4. The van der Waals surface area contributed by atoms with Crippen LogP contribution in [-0.2, 0) is 27.9 Å². The van der Waals surface area contributed by atoms with Gasteiger partial charge in [-0.1, -0.05) is 12.1 Å². The third-order valence-corrected chi connectivity index (χ3v) is 9.94. The SMILES string of the molecule is COc1ccc2ncc(=O)n(CC(NS(=O)(=O)c3ccccc3[N+](=O)[O-])C3CCC(NCc4ncc5c(n4)NC(=O)CO5)CC3)c2c1. The summed E-state index contributed by atoms with van der Waals surface area (Å²) in [6, 6.07) is 9.52. The minimum atomic E-state index is -4.37. The Morgan fingerprint density at radius 2 is 1.91 bits per heavy atom. The van der Waals surface area contributed by atoms with Crippen molar-refractivity contribution >= 4 is 38.5 Å². The second kappa shape index (κ2) is 13.4. The lowest BCUT2D eigenvalue weighted by atomic mass is 9.81. The number of nitro benzene ring substituents is 1. The predicted molar refractivity (Wildman–Crippen MR) is 169 cm³/mol. The molecular weight excluding hydrogens is 632 g/mol. The number of benzene rings is 2. The van der Waals surface area contributed by atoms with Gasteiger partial charge in [0.2, 0.25) is 10.0 Å². The van der Waals surface area contributed by atoms with Crippen molar-refractivity contribution in [2.45, 2.75) is 55.8 Å². The third-order valence-electron chi connectivity index (χ3n) is 8.40. The maximum absolute atomic E-state index is 13.7. The Balaban J connectivity index is 1.23. The average Bonchev–Trinajstić information content (AvgIpc) is 3.07. The van der Waals surface area contributed by atoms with Gasteiger partial charge in [-0.25, -0.2) is 28.1 Å². The molecule has 1 saturated carbocycles. The van der Waals surface area contributed by atoms with E-state index in [1.807, 2.05) is 0 Å². The van der Waals surface area contributed by atoms with Crippen LogP contribution in [0.5, 0.6) is 11.5 Å². The number of hydrogen-bond acceptors (Lipinski definition) is 12. The van der Waals surface area contributed by atoms with Crippen LogP contribution in [-0.4, -0.2) is 64.6 Å². The molecule has 2 aromatic carbocycles. The molecule has 1 amide bonds. The summed E-state index contributed by atoms with van der Waals surface area (Å²) in [6.45, 7) is 0.216. The van der Waals surface area contributed by atoms with Crippen molar-refractivity contribution in [3.63, 3.8) is 0 Å². The molecule has 1 aliphatic carbocycles. The number of nitro groups is 1. The standard InChI is InChI=1S/C30H32N8O8S/c1-45-20-10-11-21-24(12-20)37(29(40)15-32-21)16-22(36-47(43,44)26-5-3-2-4-23(26)38(41)42)18-6-8-19(9-7-18)31-14-27-33-13-25-30(34-27)35-28(39)17-46-25/h2-5,10-13,15,18-19,22,31,36H,6-9,14,16-17H2,1H3,(H,33,34,35,39). The van der Waals surface area contributed by atoms with Crippen LogP contribution >= 0.6 is 0 Å². The molecule has 2 aliphatic rings. The monoisotopic (exact) mass is 664 g/mol. The van der Waals surface area contributed by atoms with E-state index in [4.69, 9.17) is 9.47 Å². The summed E-state index contributed by atoms with van der Waals surface area (Å²) in [4.78, 5) is 48.2. The van der Waals surface area contributed by atoms with Crippen molar-refractivity contribution in [2.24, 2.45) is 5.92 Å². The summed E-state index contributed by atoms with van der Waals surface area (Å²) in [5.74, 6) is 1.20. The highest BCUT2D eigenvalue weighted by Gasteiger charge is 2.34. The molecule has 0 radical (unpaired) electrons. The highest BCUT2D eigenvalue weighted by molar-refractivity contribution is 7.89. The lowest BCUT2D eigenvalue weighted by Crippen LogP contribution is -2.47. The van der Waals surface area contributed by atoms with Crippen molar-refractivity contribution in [1.29, 1.82) is 0 Å². The molecule has 246 valence electrons. The molecule has 1 fully saturated rings. The van der Waals surface area contributed by atoms with Gasteiger partial charge >= 0.3 is 0 Å². The van der Waals surface area contributed by atoms with Gasteiger partial charge in [0, 0.05) is 30.8 Å². The molecule has 47 heavy (non-hydrogen) atoms. The number of nitrogens with zero attached hydrogens (tertiary/aromatic N) is 5. The molecule has 0 saturated heterocycles. The molecule has 6 rings (SSSR count). The zero-order valence-electron chi connectivity index (χ0n) is 25.3. The first-order chi connectivity index (χ1) is 22.6. The first-order valence-corrected chi connectivity index (χ1v) is 16.4. The largest absolute Gasteiger partial charge is 0.497 e. The zero-order chi connectivity index (χ0) is 33.1. The Labute approximate surface area is 268 Å². The Morgan fingerprint density at radius 3 is 2.68 bits per heavy atom. The van der Waals surface area contributed by atoms with Crippen molar-refractivity contribution in [3.8, 4) is 11.5 Å². The Kier molecular flexibility index (Phi) is 9.10.